The maximum Gasteiger partial charge on any atom is 0.221 e. The summed E-state index contributed by atoms with van der Waals surface area (Å²) in [6, 6.07) is 25.1. The third-order valence-electron chi connectivity index (χ3n) is 6.14. The largest absolute Gasteiger partial charge is 0.361 e. The Balaban J connectivity index is 1.66. The van der Waals surface area contributed by atoms with Crippen molar-refractivity contribution in [3.05, 3.63) is 107 Å². The van der Waals surface area contributed by atoms with Crippen LogP contribution in [0.25, 0.3) is 10.9 Å². The van der Waals surface area contributed by atoms with Crippen molar-refractivity contribution in [1.29, 1.82) is 0 Å². The number of H-pyrrole nitrogens is 1. The topological polar surface area (TPSA) is 44.9 Å². The molecule has 3 heteroatoms. The van der Waals surface area contributed by atoms with E-state index in [1.165, 1.54) is 27.6 Å². The first kappa shape index (κ1) is 20.9. The van der Waals surface area contributed by atoms with Gasteiger partial charge in [0.15, 0.2) is 0 Å². The Labute approximate surface area is 184 Å². The first-order chi connectivity index (χ1) is 15.1. The summed E-state index contributed by atoms with van der Waals surface area (Å²) in [5.74, 6) is 0.0485. The van der Waals surface area contributed by atoms with Crippen LogP contribution < -0.4 is 5.32 Å². The molecular formula is C28H30N2O. The Kier molecular flexibility index (Phi) is 6.22. The predicted octanol–water partition coefficient (Wildman–Crippen LogP) is 6.44. The van der Waals surface area contributed by atoms with Gasteiger partial charge in [0, 0.05) is 29.4 Å². The summed E-state index contributed by atoms with van der Waals surface area (Å²) in [7, 11) is 0. The number of fused-ring (bicyclic) bond motifs is 1. The zero-order chi connectivity index (χ0) is 21.8. The molecule has 3 aromatic carbocycles. The third-order valence-corrected chi connectivity index (χ3v) is 6.14. The van der Waals surface area contributed by atoms with E-state index in [-0.39, 0.29) is 17.9 Å². The highest BCUT2D eigenvalue weighted by Gasteiger charge is 2.23. The van der Waals surface area contributed by atoms with Crippen LogP contribution in [0.15, 0.2) is 79.0 Å². The summed E-state index contributed by atoms with van der Waals surface area (Å²) in [6.45, 7) is 6.30. The van der Waals surface area contributed by atoms with Crippen LogP contribution in [0, 0.1) is 6.92 Å². The van der Waals surface area contributed by atoms with Gasteiger partial charge < -0.3 is 10.3 Å². The van der Waals surface area contributed by atoms with E-state index in [9.17, 15) is 4.79 Å². The fraction of sp³-hybridized carbons (Fsp3) is 0.250. The highest BCUT2D eigenvalue weighted by Crippen LogP contribution is 2.35. The van der Waals surface area contributed by atoms with Crippen LogP contribution in [0.1, 0.15) is 60.0 Å². The second-order valence-corrected chi connectivity index (χ2v) is 8.30. The van der Waals surface area contributed by atoms with Gasteiger partial charge in [-0.15, -0.1) is 0 Å². The molecule has 3 nitrogen and oxygen atoms in total. The molecule has 0 bridgehead atoms. The van der Waals surface area contributed by atoms with E-state index in [1.54, 1.807) is 0 Å². The first-order valence-electron chi connectivity index (χ1n) is 11.1. The molecule has 4 aromatic rings. The number of aromatic nitrogens is 1. The van der Waals surface area contributed by atoms with Crippen LogP contribution in [0.3, 0.4) is 0 Å². The minimum atomic E-state index is -0.0259. The lowest BCUT2D eigenvalue weighted by Crippen LogP contribution is -2.28. The van der Waals surface area contributed by atoms with E-state index in [0.717, 1.165) is 17.5 Å². The first-order valence-corrected chi connectivity index (χ1v) is 11.1. The van der Waals surface area contributed by atoms with Crippen molar-refractivity contribution in [1.82, 2.24) is 10.3 Å². The van der Waals surface area contributed by atoms with E-state index in [2.05, 4.69) is 72.8 Å². The molecule has 1 heterocycles. The van der Waals surface area contributed by atoms with Crippen molar-refractivity contribution in [2.75, 3.05) is 0 Å². The number of hydrogen-bond acceptors (Lipinski definition) is 1. The zero-order valence-electron chi connectivity index (χ0n) is 18.5. The number of aromatic amines is 1. The molecular weight excluding hydrogens is 380 g/mol. The summed E-state index contributed by atoms with van der Waals surface area (Å²) < 4.78 is 0. The second-order valence-electron chi connectivity index (χ2n) is 8.30. The lowest BCUT2D eigenvalue weighted by Gasteiger charge is -2.20. The number of carbonyl (C=O) groups excluding carboxylic acids is 1. The molecule has 4 rings (SSSR count). The smallest absolute Gasteiger partial charge is 0.221 e. The molecule has 2 atom stereocenters. The minimum absolute atomic E-state index is 0.00979. The van der Waals surface area contributed by atoms with Crippen LogP contribution in [-0.2, 0) is 11.2 Å². The number of amides is 1. The van der Waals surface area contributed by atoms with E-state index >= 15 is 0 Å². The highest BCUT2D eigenvalue weighted by atomic mass is 16.1. The van der Waals surface area contributed by atoms with Gasteiger partial charge in [-0.05, 0) is 42.5 Å². The standard InChI is InChI=1S/C28H30N2O/c1-4-21-11-8-12-24-26(18-29-28(21)24)25(23-15-13-19(2)14-16-23)17-27(31)30-20(3)22-9-6-5-7-10-22/h5-16,18,20,25,29H,4,17H2,1-3H3,(H,30,31). The van der Waals surface area contributed by atoms with Crippen molar-refractivity contribution in [2.45, 2.75) is 45.6 Å². The summed E-state index contributed by atoms with van der Waals surface area (Å²) in [6.07, 6.45) is 3.47. The summed E-state index contributed by atoms with van der Waals surface area (Å²) in [4.78, 5) is 16.6. The molecule has 0 fully saturated rings. The van der Waals surface area contributed by atoms with Crippen molar-refractivity contribution >= 4 is 16.8 Å². The summed E-state index contributed by atoms with van der Waals surface area (Å²) in [5.41, 5.74) is 7.15. The summed E-state index contributed by atoms with van der Waals surface area (Å²) >= 11 is 0. The average molecular weight is 411 g/mol. The number of nitrogens with one attached hydrogen (secondary N) is 2. The Bertz CT molecular complexity index is 1160. The molecule has 0 aliphatic carbocycles. The van der Waals surface area contributed by atoms with Gasteiger partial charge in [-0.1, -0.05) is 85.3 Å². The van der Waals surface area contributed by atoms with Crippen LogP contribution in [0.5, 0.6) is 0 Å². The quantitative estimate of drug-likeness (QED) is 0.362. The monoisotopic (exact) mass is 410 g/mol. The number of benzene rings is 3. The van der Waals surface area contributed by atoms with Gasteiger partial charge in [-0.2, -0.15) is 0 Å². The zero-order valence-corrected chi connectivity index (χ0v) is 18.5. The van der Waals surface area contributed by atoms with E-state index in [0.29, 0.717) is 6.42 Å². The van der Waals surface area contributed by atoms with E-state index < -0.39 is 0 Å². The number of aryl methyl sites for hydroxylation is 2. The van der Waals surface area contributed by atoms with Crippen molar-refractivity contribution in [3.8, 4) is 0 Å². The molecule has 31 heavy (non-hydrogen) atoms. The molecule has 1 aromatic heterocycles. The number of carbonyl (C=O) groups is 1. The second kappa shape index (κ2) is 9.22. The lowest BCUT2D eigenvalue weighted by molar-refractivity contribution is -0.121. The van der Waals surface area contributed by atoms with Crippen LogP contribution in [0.4, 0.5) is 0 Å². The maximum absolute atomic E-state index is 13.1. The van der Waals surface area contributed by atoms with Gasteiger partial charge in [0.25, 0.3) is 0 Å². The van der Waals surface area contributed by atoms with Crippen molar-refractivity contribution in [3.63, 3.8) is 0 Å². The van der Waals surface area contributed by atoms with E-state index in [1.807, 2.05) is 37.3 Å². The van der Waals surface area contributed by atoms with E-state index in [4.69, 9.17) is 0 Å². The third kappa shape index (κ3) is 4.56. The molecule has 2 unspecified atom stereocenters. The van der Waals surface area contributed by atoms with Gasteiger partial charge in [0.2, 0.25) is 5.91 Å². The SMILES string of the molecule is CCc1cccc2c(C(CC(=O)NC(C)c3ccccc3)c3ccc(C)cc3)c[nH]c12. The van der Waals surface area contributed by atoms with Crippen LogP contribution >= 0.6 is 0 Å². The van der Waals surface area contributed by atoms with Gasteiger partial charge in [-0.3, -0.25) is 4.79 Å². The fourth-order valence-corrected chi connectivity index (χ4v) is 4.34. The Morgan fingerprint density at radius 2 is 1.68 bits per heavy atom. The Morgan fingerprint density at radius 1 is 0.935 bits per heavy atom. The molecule has 0 radical (unpaired) electrons. The minimum Gasteiger partial charge on any atom is -0.361 e. The van der Waals surface area contributed by atoms with Gasteiger partial charge in [0.05, 0.1) is 6.04 Å². The van der Waals surface area contributed by atoms with Crippen molar-refractivity contribution < 1.29 is 4.79 Å². The highest BCUT2D eigenvalue weighted by molar-refractivity contribution is 5.88. The van der Waals surface area contributed by atoms with Gasteiger partial charge in [0.1, 0.15) is 0 Å². The predicted molar refractivity (Wildman–Crippen MR) is 128 cm³/mol. The maximum atomic E-state index is 13.1. The van der Waals surface area contributed by atoms with Gasteiger partial charge in [-0.25, -0.2) is 0 Å². The summed E-state index contributed by atoms with van der Waals surface area (Å²) in [5, 5.41) is 4.39. The Hall–Kier alpha value is -3.33. The molecule has 1 amide bonds. The molecule has 0 saturated heterocycles. The fourth-order valence-electron chi connectivity index (χ4n) is 4.34. The molecule has 0 saturated carbocycles. The lowest BCUT2D eigenvalue weighted by atomic mass is 9.87. The van der Waals surface area contributed by atoms with Gasteiger partial charge >= 0.3 is 0 Å². The van der Waals surface area contributed by atoms with Crippen LogP contribution in [-0.4, -0.2) is 10.9 Å². The Morgan fingerprint density at radius 3 is 2.39 bits per heavy atom. The molecule has 0 aliphatic rings. The number of hydrogen-bond donors (Lipinski definition) is 2. The van der Waals surface area contributed by atoms with Crippen molar-refractivity contribution in [2.24, 2.45) is 0 Å². The normalized spacial score (nSPS) is 13.1. The van der Waals surface area contributed by atoms with Crippen LogP contribution in [0.2, 0.25) is 0 Å². The molecule has 158 valence electrons. The number of para-hydroxylation sites is 1. The molecule has 0 aliphatic heterocycles. The molecule has 0 spiro atoms. The average Bonchev–Trinajstić information content (AvgIpc) is 3.23. The molecule has 2 N–H and O–H groups in total. The number of rotatable bonds is 7.